The van der Waals surface area contributed by atoms with Gasteiger partial charge < -0.3 is 4.74 Å². The van der Waals surface area contributed by atoms with Crippen LogP contribution in [-0.2, 0) is 6.61 Å². The average Bonchev–Trinajstić information content (AvgIpc) is 2.39. The highest BCUT2D eigenvalue weighted by atomic mass is 79.9. The van der Waals surface area contributed by atoms with Crippen LogP contribution in [0.5, 0.6) is 5.88 Å². The minimum absolute atomic E-state index is 0.329. The predicted molar refractivity (Wildman–Crippen MR) is 67.4 cm³/mol. The monoisotopic (exact) mass is 288 g/mol. The summed E-state index contributed by atoms with van der Waals surface area (Å²) in [5.74, 6) is 0.452. The molecule has 0 unspecified atom stereocenters. The van der Waals surface area contributed by atoms with Gasteiger partial charge in [-0.1, -0.05) is 30.3 Å². The van der Waals surface area contributed by atoms with E-state index in [1.165, 1.54) is 0 Å². The van der Waals surface area contributed by atoms with Crippen molar-refractivity contribution in [2.45, 2.75) is 6.61 Å². The maximum Gasteiger partial charge on any atom is 0.214 e. The van der Waals surface area contributed by atoms with Crippen LogP contribution in [0.1, 0.15) is 11.3 Å². The minimum atomic E-state index is 0.329. The van der Waals surface area contributed by atoms with Crippen molar-refractivity contribution in [3.8, 4) is 11.9 Å². The summed E-state index contributed by atoms with van der Waals surface area (Å²) in [5.41, 5.74) is 1.39. The van der Waals surface area contributed by atoms with Crippen LogP contribution in [0.15, 0.2) is 46.9 Å². The molecule has 0 aliphatic carbocycles. The third kappa shape index (κ3) is 3.05. The molecule has 0 aliphatic rings. The zero-order valence-corrected chi connectivity index (χ0v) is 10.5. The molecule has 17 heavy (non-hydrogen) atoms. The summed E-state index contributed by atoms with van der Waals surface area (Å²) in [5, 5.41) is 8.83. The number of aromatic nitrogens is 1. The van der Waals surface area contributed by atoms with E-state index in [1.807, 2.05) is 36.4 Å². The Morgan fingerprint density at radius 1 is 1.18 bits per heavy atom. The van der Waals surface area contributed by atoms with Gasteiger partial charge in [-0.3, -0.25) is 0 Å². The zero-order chi connectivity index (χ0) is 12.1. The van der Waals surface area contributed by atoms with Crippen LogP contribution in [0.4, 0.5) is 0 Å². The maximum absolute atomic E-state index is 8.83. The standard InChI is InChI=1S/C13H9BrN2O/c14-11-6-7-13(16-12(11)8-15)17-9-10-4-2-1-3-5-10/h1-7H,9H2. The van der Waals surface area contributed by atoms with Gasteiger partial charge in [0.05, 0.1) is 4.47 Å². The van der Waals surface area contributed by atoms with Crippen molar-refractivity contribution in [3.05, 3.63) is 58.2 Å². The number of nitrogens with zero attached hydrogens (tertiary/aromatic N) is 2. The second-order valence-corrected chi connectivity index (χ2v) is 4.22. The Hall–Kier alpha value is -1.86. The van der Waals surface area contributed by atoms with Crippen LogP contribution in [-0.4, -0.2) is 4.98 Å². The first-order valence-corrected chi connectivity index (χ1v) is 5.82. The fraction of sp³-hybridized carbons (Fsp3) is 0.0769. The Morgan fingerprint density at radius 3 is 2.65 bits per heavy atom. The highest BCUT2D eigenvalue weighted by Crippen LogP contribution is 2.18. The first-order chi connectivity index (χ1) is 8.29. The molecule has 84 valence electrons. The van der Waals surface area contributed by atoms with Crippen LogP contribution in [0, 0.1) is 11.3 Å². The highest BCUT2D eigenvalue weighted by Gasteiger charge is 2.03. The highest BCUT2D eigenvalue weighted by molar-refractivity contribution is 9.10. The molecule has 1 aromatic carbocycles. The molecule has 0 spiro atoms. The number of rotatable bonds is 3. The molecular formula is C13H9BrN2O. The summed E-state index contributed by atoms with van der Waals surface area (Å²) in [4.78, 5) is 4.08. The molecule has 3 nitrogen and oxygen atoms in total. The van der Waals surface area contributed by atoms with Gasteiger partial charge in [0.1, 0.15) is 12.7 Å². The number of hydrogen-bond acceptors (Lipinski definition) is 3. The molecule has 0 atom stereocenters. The predicted octanol–water partition coefficient (Wildman–Crippen LogP) is 3.29. The van der Waals surface area contributed by atoms with Crippen molar-refractivity contribution in [2.24, 2.45) is 0 Å². The quantitative estimate of drug-likeness (QED) is 0.871. The van der Waals surface area contributed by atoms with Crippen molar-refractivity contribution in [3.63, 3.8) is 0 Å². The largest absolute Gasteiger partial charge is 0.473 e. The third-order valence-corrected chi connectivity index (χ3v) is 2.80. The van der Waals surface area contributed by atoms with Gasteiger partial charge in [-0.15, -0.1) is 0 Å². The molecule has 0 saturated carbocycles. The summed E-state index contributed by atoms with van der Waals surface area (Å²) in [6, 6.07) is 15.3. The van der Waals surface area contributed by atoms with E-state index in [4.69, 9.17) is 10.00 Å². The summed E-state index contributed by atoms with van der Waals surface area (Å²) in [6.45, 7) is 0.445. The smallest absolute Gasteiger partial charge is 0.214 e. The minimum Gasteiger partial charge on any atom is -0.473 e. The van der Waals surface area contributed by atoms with Gasteiger partial charge in [-0.2, -0.15) is 5.26 Å². The second kappa shape index (κ2) is 5.46. The number of nitriles is 1. The van der Waals surface area contributed by atoms with E-state index in [0.29, 0.717) is 22.7 Å². The first-order valence-electron chi connectivity index (χ1n) is 5.03. The summed E-state index contributed by atoms with van der Waals surface area (Å²) in [7, 11) is 0. The number of hydrogen-bond donors (Lipinski definition) is 0. The SMILES string of the molecule is N#Cc1nc(OCc2ccccc2)ccc1Br. The van der Waals surface area contributed by atoms with E-state index >= 15 is 0 Å². The Kier molecular flexibility index (Phi) is 3.73. The molecule has 1 aromatic heterocycles. The number of pyridine rings is 1. The van der Waals surface area contributed by atoms with Crippen LogP contribution < -0.4 is 4.74 Å². The van der Waals surface area contributed by atoms with Gasteiger partial charge in [0.15, 0.2) is 5.69 Å². The first kappa shape index (κ1) is 11.6. The van der Waals surface area contributed by atoms with Gasteiger partial charge in [0, 0.05) is 6.07 Å². The van der Waals surface area contributed by atoms with E-state index in [-0.39, 0.29) is 0 Å². The molecule has 0 fully saturated rings. The lowest BCUT2D eigenvalue weighted by Gasteiger charge is -2.05. The van der Waals surface area contributed by atoms with Crippen molar-refractivity contribution < 1.29 is 4.74 Å². The van der Waals surface area contributed by atoms with E-state index in [1.54, 1.807) is 12.1 Å². The number of ether oxygens (including phenoxy) is 1. The van der Waals surface area contributed by atoms with Crippen LogP contribution in [0.3, 0.4) is 0 Å². The van der Waals surface area contributed by atoms with Gasteiger partial charge in [0.2, 0.25) is 5.88 Å². The Bertz CT molecular complexity index is 549. The fourth-order valence-corrected chi connectivity index (χ4v) is 1.62. The van der Waals surface area contributed by atoms with Crippen LogP contribution in [0.2, 0.25) is 0 Å². The molecule has 0 bridgehead atoms. The molecule has 0 N–H and O–H groups in total. The molecule has 0 aliphatic heterocycles. The van der Waals surface area contributed by atoms with Crippen molar-refractivity contribution in [2.75, 3.05) is 0 Å². The Balaban J connectivity index is 2.08. The van der Waals surface area contributed by atoms with E-state index in [2.05, 4.69) is 20.9 Å². The molecule has 2 aromatic rings. The molecule has 0 amide bonds. The lowest BCUT2D eigenvalue weighted by atomic mass is 10.2. The number of benzene rings is 1. The summed E-state index contributed by atoms with van der Waals surface area (Å²) in [6.07, 6.45) is 0. The summed E-state index contributed by atoms with van der Waals surface area (Å²) >= 11 is 3.25. The molecule has 0 radical (unpaired) electrons. The molecule has 1 heterocycles. The molecule has 0 saturated heterocycles. The molecule has 4 heteroatoms. The number of halogens is 1. The molecular weight excluding hydrogens is 280 g/mol. The van der Waals surface area contributed by atoms with Gasteiger partial charge in [-0.05, 0) is 27.6 Å². The van der Waals surface area contributed by atoms with Gasteiger partial charge in [0.25, 0.3) is 0 Å². The van der Waals surface area contributed by atoms with Crippen molar-refractivity contribution in [1.82, 2.24) is 4.98 Å². The Morgan fingerprint density at radius 2 is 1.94 bits per heavy atom. The van der Waals surface area contributed by atoms with Gasteiger partial charge >= 0.3 is 0 Å². The normalized spacial score (nSPS) is 9.65. The average molecular weight is 289 g/mol. The lowest BCUT2D eigenvalue weighted by Crippen LogP contribution is -1.98. The maximum atomic E-state index is 8.83. The fourth-order valence-electron chi connectivity index (χ4n) is 1.31. The zero-order valence-electron chi connectivity index (χ0n) is 8.93. The van der Waals surface area contributed by atoms with Crippen molar-refractivity contribution >= 4 is 15.9 Å². The van der Waals surface area contributed by atoms with E-state index in [0.717, 1.165) is 5.56 Å². The molecule has 2 rings (SSSR count). The second-order valence-electron chi connectivity index (χ2n) is 3.37. The lowest BCUT2D eigenvalue weighted by molar-refractivity contribution is 0.293. The topological polar surface area (TPSA) is 45.9 Å². The van der Waals surface area contributed by atoms with E-state index < -0.39 is 0 Å². The van der Waals surface area contributed by atoms with Crippen LogP contribution >= 0.6 is 15.9 Å². The van der Waals surface area contributed by atoms with Crippen molar-refractivity contribution in [1.29, 1.82) is 5.26 Å². The summed E-state index contributed by atoms with van der Waals surface area (Å²) < 4.78 is 6.18. The Labute approximate surface area is 108 Å². The third-order valence-electron chi connectivity index (χ3n) is 2.16. The van der Waals surface area contributed by atoms with E-state index in [9.17, 15) is 0 Å². The van der Waals surface area contributed by atoms with Gasteiger partial charge in [-0.25, -0.2) is 4.98 Å². The van der Waals surface area contributed by atoms with Crippen LogP contribution in [0.25, 0.3) is 0 Å².